The molecule has 2 aromatic rings. The molecule has 0 aromatic heterocycles. The molecule has 4 nitrogen and oxygen atoms in total. The maximum atomic E-state index is 11.0. The van der Waals surface area contributed by atoms with Crippen molar-refractivity contribution in [1.29, 1.82) is 0 Å². The Morgan fingerprint density at radius 1 is 1.21 bits per heavy atom. The third-order valence-electron chi connectivity index (χ3n) is 3.14. The number of carbonyl (C=O) groups is 1. The Balaban J connectivity index is 2.20. The fourth-order valence-electron chi connectivity index (χ4n) is 2.13. The molecule has 0 aliphatic carbocycles. The molecule has 2 rings (SSSR count). The van der Waals surface area contributed by atoms with Gasteiger partial charge in [-0.05, 0) is 23.3 Å². The minimum atomic E-state index is -1.05. The van der Waals surface area contributed by atoms with E-state index in [4.69, 9.17) is 5.11 Å². The molecule has 2 aromatic carbocycles. The van der Waals surface area contributed by atoms with Crippen LogP contribution in [0, 0.1) is 0 Å². The van der Waals surface area contributed by atoms with Crippen molar-refractivity contribution in [3.05, 3.63) is 48.0 Å². The highest BCUT2D eigenvalue weighted by atomic mass is 16.4. The number of aliphatic hydroxyl groups is 1. The monoisotopic (exact) mass is 259 g/mol. The van der Waals surface area contributed by atoms with Gasteiger partial charge < -0.3 is 10.2 Å². The van der Waals surface area contributed by atoms with Crippen molar-refractivity contribution in [2.24, 2.45) is 0 Å². The highest BCUT2D eigenvalue weighted by molar-refractivity contribution is 5.85. The van der Waals surface area contributed by atoms with Gasteiger partial charge >= 0.3 is 5.97 Å². The van der Waals surface area contributed by atoms with Gasteiger partial charge in [-0.15, -0.1) is 0 Å². The Kier molecular flexibility index (Phi) is 4.14. The molecule has 2 atom stereocenters. The van der Waals surface area contributed by atoms with Gasteiger partial charge in [-0.2, -0.15) is 0 Å². The molecule has 2 unspecified atom stereocenters. The average molecular weight is 259 g/mol. The molecular formula is C15H17NO3. The second-order valence-electron chi connectivity index (χ2n) is 4.58. The van der Waals surface area contributed by atoms with E-state index in [1.807, 2.05) is 42.5 Å². The predicted octanol–water partition coefficient (Wildman–Crippen LogP) is 1.76. The van der Waals surface area contributed by atoms with Crippen LogP contribution >= 0.6 is 0 Å². The zero-order valence-electron chi connectivity index (χ0n) is 10.7. The number of hydrogen-bond acceptors (Lipinski definition) is 3. The Morgan fingerprint density at radius 3 is 2.58 bits per heavy atom. The first-order chi connectivity index (χ1) is 9.09. The molecule has 0 amide bonds. The lowest BCUT2D eigenvalue weighted by molar-refractivity contribution is -0.142. The summed E-state index contributed by atoms with van der Waals surface area (Å²) in [6.07, 6.45) is -0.938. The van der Waals surface area contributed by atoms with Gasteiger partial charge in [-0.1, -0.05) is 42.5 Å². The fourth-order valence-corrected chi connectivity index (χ4v) is 2.13. The number of carboxylic acids is 1. The van der Waals surface area contributed by atoms with Crippen LogP contribution in [0.1, 0.15) is 12.5 Å². The van der Waals surface area contributed by atoms with E-state index in [1.54, 1.807) is 0 Å². The van der Waals surface area contributed by atoms with Gasteiger partial charge in [0.25, 0.3) is 0 Å². The van der Waals surface area contributed by atoms with E-state index in [0.29, 0.717) is 6.54 Å². The van der Waals surface area contributed by atoms with Crippen molar-refractivity contribution in [1.82, 2.24) is 5.32 Å². The van der Waals surface area contributed by atoms with Crippen LogP contribution < -0.4 is 5.32 Å². The fraction of sp³-hybridized carbons (Fsp3) is 0.267. The summed E-state index contributed by atoms with van der Waals surface area (Å²) in [6, 6.07) is 12.9. The molecule has 0 aliphatic heterocycles. The van der Waals surface area contributed by atoms with Crippen molar-refractivity contribution < 1.29 is 15.0 Å². The molecular weight excluding hydrogens is 242 g/mol. The molecule has 0 aliphatic rings. The van der Waals surface area contributed by atoms with Crippen LogP contribution in [0.15, 0.2) is 42.5 Å². The maximum Gasteiger partial charge on any atom is 0.323 e. The summed E-state index contributed by atoms with van der Waals surface area (Å²) < 4.78 is 0. The van der Waals surface area contributed by atoms with Gasteiger partial charge in [-0.3, -0.25) is 10.1 Å². The van der Waals surface area contributed by atoms with Gasteiger partial charge in [0.1, 0.15) is 6.04 Å². The topological polar surface area (TPSA) is 69.6 Å². The zero-order chi connectivity index (χ0) is 13.8. The summed E-state index contributed by atoms with van der Waals surface area (Å²) in [5.41, 5.74) is 1.02. The Bertz CT molecular complexity index is 575. The maximum absolute atomic E-state index is 11.0. The number of aliphatic hydroxyl groups excluding tert-OH is 1. The number of fused-ring (bicyclic) bond motifs is 1. The van der Waals surface area contributed by atoms with Gasteiger partial charge in [0.05, 0.1) is 6.10 Å². The second-order valence-corrected chi connectivity index (χ2v) is 4.58. The van der Waals surface area contributed by atoms with Crippen LogP contribution in [0.25, 0.3) is 10.8 Å². The molecule has 19 heavy (non-hydrogen) atoms. The summed E-state index contributed by atoms with van der Waals surface area (Å²) in [7, 11) is 0. The van der Waals surface area contributed by atoms with E-state index in [-0.39, 0.29) is 0 Å². The lowest BCUT2D eigenvalue weighted by Crippen LogP contribution is -2.44. The van der Waals surface area contributed by atoms with E-state index in [1.165, 1.54) is 6.92 Å². The summed E-state index contributed by atoms with van der Waals surface area (Å²) in [4.78, 5) is 11.0. The molecule has 3 N–H and O–H groups in total. The van der Waals surface area contributed by atoms with Crippen molar-refractivity contribution in [3.8, 4) is 0 Å². The van der Waals surface area contributed by atoms with E-state index in [2.05, 4.69) is 5.32 Å². The molecule has 0 heterocycles. The molecule has 4 heteroatoms. The first kappa shape index (κ1) is 13.5. The van der Waals surface area contributed by atoms with Crippen molar-refractivity contribution in [2.75, 3.05) is 0 Å². The van der Waals surface area contributed by atoms with Gasteiger partial charge in [-0.25, -0.2) is 0 Å². The largest absolute Gasteiger partial charge is 0.480 e. The number of hydrogen-bond donors (Lipinski definition) is 3. The smallest absolute Gasteiger partial charge is 0.323 e. The highest BCUT2D eigenvalue weighted by Crippen LogP contribution is 2.18. The lowest BCUT2D eigenvalue weighted by atomic mass is 10.0. The number of aliphatic carboxylic acids is 1. The Hall–Kier alpha value is -1.91. The van der Waals surface area contributed by atoms with Crippen molar-refractivity contribution >= 4 is 16.7 Å². The summed E-state index contributed by atoms with van der Waals surface area (Å²) >= 11 is 0. The Morgan fingerprint density at radius 2 is 1.89 bits per heavy atom. The standard InChI is InChI=1S/C15H17NO3/c1-10(17)14(15(18)19)16-9-12-7-4-6-11-5-2-3-8-13(11)12/h2-8,10,14,16-17H,9H2,1H3,(H,18,19). The molecule has 0 spiro atoms. The molecule has 0 fully saturated rings. The third-order valence-corrected chi connectivity index (χ3v) is 3.14. The number of benzene rings is 2. The first-order valence-electron chi connectivity index (χ1n) is 6.20. The van der Waals surface area contributed by atoms with Crippen LogP contribution in [-0.4, -0.2) is 28.3 Å². The van der Waals surface area contributed by atoms with E-state index in [0.717, 1.165) is 16.3 Å². The van der Waals surface area contributed by atoms with Crippen LogP contribution in [0.2, 0.25) is 0 Å². The third kappa shape index (κ3) is 3.10. The normalized spacial score (nSPS) is 14.2. The first-order valence-corrected chi connectivity index (χ1v) is 6.20. The summed E-state index contributed by atoms with van der Waals surface area (Å²) in [5, 5.41) is 23.5. The molecule has 0 bridgehead atoms. The SMILES string of the molecule is CC(O)C(NCc1cccc2ccccc12)C(=O)O. The molecule has 100 valence electrons. The molecule has 0 radical (unpaired) electrons. The summed E-state index contributed by atoms with van der Waals surface area (Å²) in [6.45, 7) is 1.87. The van der Waals surface area contributed by atoms with Gasteiger partial charge in [0.15, 0.2) is 0 Å². The van der Waals surface area contributed by atoms with Crippen molar-refractivity contribution in [3.63, 3.8) is 0 Å². The predicted molar refractivity (Wildman–Crippen MR) is 73.9 cm³/mol. The second kappa shape index (κ2) is 5.82. The zero-order valence-corrected chi connectivity index (χ0v) is 10.7. The number of rotatable bonds is 5. The number of nitrogens with one attached hydrogen (secondary N) is 1. The van der Waals surface area contributed by atoms with E-state index < -0.39 is 18.1 Å². The van der Waals surface area contributed by atoms with Gasteiger partial charge in [0, 0.05) is 6.54 Å². The average Bonchev–Trinajstić information content (AvgIpc) is 2.38. The summed E-state index contributed by atoms with van der Waals surface area (Å²) in [5.74, 6) is -1.05. The van der Waals surface area contributed by atoms with E-state index >= 15 is 0 Å². The van der Waals surface area contributed by atoms with Crippen LogP contribution in [0.4, 0.5) is 0 Å². The highest BCUT2D eigenvalue weighted by Gasteiger charge is 2.22. The molecule has 0 saturated heterocycles. The van der Waals surface area contributed by atoms with Crippen molar-refractivity contribution in [2.45, 2.75) is 25.6 Å². The molecule has 0 saturated carbocycles. The minimum Gasteiger partial charge on any atom is -0.480 e. The quantitative estimate of drug-likeness (QED) is 0.765. The van der Waals surface area contributed by atoms with E-state index in [9.17, 15) is 9.90 Å². The number of carboxylic acid groups (broad SMARTS) is 1. The van der Waals surface area contributed by atoms with Crippen LogP contribution in [0.5, 0.6) is 0 Å². The van der Waals surface area contributed by atoms with Crippen LogP contribution in [-0.2, 0) is 11.3 Å². The Labute approximate surface area is 111 Å². The minimum absolute atomic E-state index is 0.406. The van der Waals surface area contributed by atoms with Crippen LogP contribution in [0.3, 0.4) is 0 Å². The van der Waals surface area contributed by atoms with Gasteiger partial charge in [0.2, 0.25) is 0 Å². The lowest BCUT2D eigenvalue weighted by Gasteiger charge is -2.17.